The number of nitrogens with zero attached hydrogens (tertiary/aromatic N) is 2. The summed E-state index contributed by atoms with van der Waals surface area (Å²) in [5.41, 5.74) is 0.297. The predicted octanol–water partition coefficient (Wildman–Crippen LogP) is -2.65. The molecule has 74 valence electrons. The van der Waals surface area contributed by atoms with Gasteiger partial charge in [-0.2, -0.15) is 0 Å². The van der Waals surface area contributed by atoms with Gasteiger partial charge in [-0.05, 0) is 19.4 Å². The van der Waals surface area contributed by atoms with Crippen LogP contribution in [-0.4, -0.2) is 4.57 Å². The van der Waals surface area contributed by atoms with Gasteiger partial charge >= 0.3 is 58.2 Å². The van der Waals surface area contributed by atoms with E-state index in [0.29, 0.717) is 11.3 Å². The smallest absolute Gasteiger partial charge is 0.417 e. The summed E-state index contributed by atoms with van der Waals surface area (Å²) in [6.07, 6.45) is 0. The third kappa shape index (κ3) is 3.92. The summed E-state index contributed by atoms with van der Waals surface area (Å²) in [6.45, 7) is 7.38. The normalized spacial score (nSPS) is 8.36. The Bertz CT molecular complexity index is 359. The number of aromatic nitrogens is 2. The third-order valence-corrected chi connectivity index (χ3v) is 1.85. The van der Waals surface area contributed by atoms with Gasteiger partial charge in [0.2, 0.25) is 0 Å². The molecule has 0 N–H and O–H groups in total. The number of hydrogen-bond donors (Lipinski definition) is 0. The SMILES string of the molecule is CC.Cc1c(C)n(C)c(=O)[n-]c1=O.[Rb+]. The van der Waals surface area contributed by atoms with E-state index in [2.05, 4.69) is 4.98 Å². The van der Waals surface area contributed by atoms with Crippen LogP contribution >= 0.6 is 0 Å². The molecule has 1 aromatic heterocycles. The Morgan fingerprint density at radius 2 is 1.57 bits per heavy atom. The van der Waals surface area contributed by atoms with Gasteiger partial charge in [-0.3, -0.25) is 9.59 Å². The largest absolute Gasteiger partial charge is 1.00 e. The van der Waals surface area contributed by atoms with E-state index in [9.17, 15) is 9.59 Å². The van der Waals surface area contributed by atoms with Crippen molar-refractivity contribution in [1.82, 2.24) is 9.55 Å². The van der Waals surface area contributed by atoms with Crippen LogP contribution in [0.4, 0.5) is 0 Å². The minimum absolute atomic E-state index is 0. The Kier molecular flexibility index (Phi) is 9.34. The monoisotopic (exact) mass is 268 g/mol. The topological polar surface area (TPSA) is 53.2 Å². The van der Waals surface area contributed by atoms with Crippen LogP contribution in [0.3, 0.4) is 0 Å². The minimum Gasteiger partial charge on any atom is -0.417 e. The first-order valence-electron chi connectivity index (χ1n) is 4.25. The van der Waals surface area contributed by atoms with Crippen molar-refractivity contribution in [1.29, 1.82) is 0 Å². The molecule has 0 radical (unpaired) electrons. The first-order valence-corrected chi connectivity index (χ1v) is 4.25. The molecule has 0 unspecified atom stereocenters. The molecule has 14 heavy (non-hydrogen) atoms. The van der Waals surface area contributed by atoms with Crippen molar-refractivity contribution >= 4 is 0 Å². The van der Waals surface area contributed by atoms with E-state index in [4.69, 9.17) is 0 Å². The quantitative estimate of drug-likeness (QED) is 0.517. The predicted molar refractivity (Wildman–Crippen MR) is 52.1 cm³/mol. The van der Waals surface area contributed by atoms with E-state index in [-0.39, 0.29) is 58.2 Å². The van der Waals surface area contributed by atoms with Crippen LogP contribution in [0.1, 0.15) is 25.1 Å². The second-order valence-electron chi connectivity index (χ2n) is 2.47. The first-order chi connectivity index (χ1) is 6.04. The molecular formula is C9H15N2O2Rb. The first kappa shape index (κ1) is 16.9. The second-order valence-corrected chi connectivity index (χ2v) is 2.47. The molecule has 0 aliphatic heterocycles. The average Bonchev–Trinajstić information content (AvgIpc) is 2.15. The van der Waals surface area contributed by atoms with E-state index in [1.54, 1.807) is 20.9 Å². The molecule has 1 rings (SSSR count). The number of rotatable bonds is 0. The Balaban J connectivity index is 0. The van der Waals surface area contributed by atoms with Crippen LogP contribution in [0.15, 0.2) is 9.59 Å². The summed E-state index contributed by atoms with van der Waals surface area (Å²) in [5.74, 6) is 0. The van der Waals surface area contributed by atoms with Crippen LogP contribution in [0.2, 0.25) is 0 Å². The van der Waals surface area contributed by atoms with Crippen molar-refractivity contribution in [2.24, 2.45) is 7.05 Å². The molecule has 5 heteroatoms. The van der Waals surface area contributed by atoms with Crippen LogP contribution in [0, 0.1) is 13.8 Å². The molecule has 0 bridgehead atoms. The Morgan fingerprint density at radius 3 is 2.00 bits per heavy atom. The molecule has 0 aliphatic carbocycles. The van der Waals surface area contributed by atoms with Crippen molar-refractivity contribution in [3.63, 3.8) is 0 Å². The fraction of sp³-hybridized carbons (Fsp3) is 0.556. The van der Waals surface area contributed by atoms with Gasteiger partial charge in [0.05, 0.1) is 0 Å². The van der Waals surface area contributed by atoms with Gasteiger partial charge < -0.3 is 9.55 Å². The molecule has 1 heterocycles. The summed E-state index contributed by atoms with van der Waals surface area (Å²) in [7, 11) is 1.59. The van der Waals surface area contributed by atoms with Crippen LogP contribution in [0.5, 0.6) is 0 Å². The molecule has 0 atom stereocenters. The van der Waals surface area contributed by atoms with Gasteiger partial charge in [0, 0.05) is 0 Å². The zero-order valence-electron chi connectivity index (χ0n) is 9.71. The molecule has 0 spiro atoms. The van der Waals surface area contributed by atoms with Gasteiger partial charge in [-0.15, -0.1) is 0 Å². The summed E-state index contributed by atoms with van der Waals surface area (Å²) in [5, 5.41) is 0. The minimum atomic E-state index is -0.488. The third-order valence-electron chi connectivity index (χ3n) is 1.85. The molecular weight excluding hydrogens is 254 g/mol. The molecule has 0 saturated heterocycles. The van der Waals surface area contributed by atoms with Crippen molar-refractivity contribution in [3.05, 3.63) is 32.1 Å². The van der Waals surface area contributed by atoms with E-state index in [1.807, 2.05) is 13.8 Å². The maximum atomic E-state index is 10.9. The molecule has 0 fully saturated rings. The van der Waals surface area contributed by atoms with Crippen molar-refractivity contribution in [2.75, 3.05) is 0 Å². The maximum absolute atomic E-state index is 10.9. The van der Waals surface area contributed by atoms with Crippen LogP contribution in [-0.2, 0) is 7.05 Å². The summed E-state index contributed by atoms with van der Waals surface area (Å²) in [6, 6.07) is 0. The van der Waals surface area contributed by atoms with Crippen LogP contribution < -0.4 is 74.4 Å². The molecule has 0 amide bonds. The summed E-state index contributed by atoms with van der Waals surface area (Å²) in [4.78, 5) is 25.0. The van der Waals surface area contributed by atoms with E-state index >= 15 is 0 Å². The fourth-order valence-corrected chi connectivity index (χ4v) is 0.795. The fourth-order valence-electron chi connectivity index (χ4n) is 0.795. The van der Waals surface area contributed by atoms with Gasteiger partial charge in [0.1, 0.15) is 0 Å². The standard InChI is InChI=1S/C7H10N2O2.C2H6.Rb/c1-4-5(2)9(3)7(11)8-6(4)10;1-2;/h1-3H3,(H,8,10,11);1-2H3;/q;;+1/p-1. The molecule has 0 aliphatic rings. The molecule has 4 nitrogen and oxygen atoms in total. The number of hydrogen-bond acceptors (Lipinski definition) is 2. The van der Waals surface area contributed by atoms with E-state index in [1.165, 1.54) is 4.57 Å². The molecule has 0 saturated carbocycles. The zero-order chi connectivity index (χ0) is 10.6. The van der Waals surface area contributed by atoms with Gasteiger partial charge in [0.15, 0.2) is 11.2 Å². The van der Waals surface area contributed by atoms with Gasteiger partial charge in [-0.25, -0.2) is 0 Å². The summed E-state index contributed by atoms with van der Waals surface area (Å²) >= 11 is 0. The Morgan fingerprint density at radius 1 is 1.14 bits per heavy atom. The van der Waals surface area contributed by atoms with Gasteiger partial charge in [-0.1, -0.05) is 26.6 Å². The molecule has 1 aromatic rings. The average molecular weight is 269 g/mol. The zero-order valence-corrected chi connectivity index (χ0v) is 14.6. The van der Waals surface area contributed by atoms with Crippen LogP contribution in [0.25, 0.3) is 0 Å². The Labute approximate surface area is 133 Å². The van der Waals surface area contributed by atoms with Gasteiger partial charge in [0.25, 0.3) is 0 Å². The Hall–Kier alpha value is 0.485. The molecule has 0 aromatic carbocycles. The maximum Gasteiger partial charge on any atom is 1.00 e. The van der Waals surface area contributed by atoms with Crippen molar-refractivity contribution < 1.29 is 58.2 Å². The second kappa shape index (κ2) is 7.73. The van der Waals surface area contributed by atoms with Crippen molar-refractivity contribution in [3.8, 4) is 0 Å². The van der Waals surface area contributed by atoms with E-state index in [0.717, 1.165) is 0 Å². The van der Waals surface area contributed by atoms with E-state index < -0.39 is 11.2 Å². The van der Waals surface area contributed by atoms with Crippen molar-refractivity contribution in [2.45, 2.75) is 27.7 Å². The summed E-state index contributed by atoms with van der Waals surface area (Å²) < 4.78 is 1.36.